The maximum absolute atomic E-state index is 5.59. The van der Waals surface area contributed by atoms with Gasteiger partial charge in [-0.2, -0.15) is 0 Å². The third-order valence-corrected chi connectivity index (χ3v) is 5.59. The van der Waals surface area contributed by atoms with Gasteiger partial charge in [0.2, 0.25) is 0 Å². The van der Waals surface area contributed by atoms with Crippen molar-refractivity contribution in [1.82, 2.24) is 10.2 Å². The molecule has 1 saturated carbocycles. The molecule has 0 atom stereocenters. The van der Waals surface area contributed by atoms with Gasteiger partial charge in [-0.1, -0.05) is 18.9 Å². The van der Waals surface area contributed by atoms with Crippen LogP contribution in [-0.2, 0) is 6.54 Å². The number of halogens is 1. The summed E-state index contributed by atoms with van der Waals surface area (Å²) in [7, 11) is 3.56. The number of nitrogens with zero attached hydrogens (tertiary/aromatic N) is 2. The molecule has 2 aliphatic rings. The molecule has 1 heterocycles. The topological polar surface area (TPSA) is 46.1 Å². The highest BCUT2D eigenvalue weighted by atomic mass is 127. The van der Waals surface area contributed by atoms with E-state index in [1.165, 1.54) is 32.1 Å². The molecule has 1 aliphatic carbocycles. The summed E-state index contributed by atoms with van der Waals surface area (Å²) < 4.78 is 11.0. The fraction of sp³-hybridized carbons (Fsp3) is 0.650. The molecule has 0 radical (unpaired) electrons. The fourth-order valence-corrected chi connectivity index (χ4v) is 4.26. The van der Waals surface area contributed by atoms with E-state index in [-0.39, 0.29) is 24.0 Å². The summed E-state index contributed by atoms with van der Waals surface area (Å²) in [5.41, 5.74) is 1.72. The summed E-state index contributed by atoms with van der Waals surface area (Å²) in [6.45, 7) is 5.62. The van der Waals surface area contributed by atoms with Gasteiger partial charge < -0.3 is 19.7 Å². The quantitative estimate of drug-likeness (QED) is 0.398. The molecule has 146 valence electrons. The summed E-state index contributed by atoms with van der Waals surface area (Å²) in [6, 6.07) is 6.09. The number of likely N-dealkylation sites (tertiary alicyclic amines) is 1. The predicted molar refractivity (Wildman–Crippen MR) is 117 cm³/mol. The molecule has 1 saturated heterocycles. The largest absolute Gasteiger partial charge is 0.493 e. The Labute approximate surface area is 174 Å². The lowest BCUT2D eigenvalue weighted by atomic mass is 9.86. The third-order valence-electron chi connectivity index (χ3n) is 5.59. The lowest BCUT2D eigenvalue weighted by Gasteiger charge is -2.26. The second kappa shape index (κ2) is 9.67. The Bertz CT molecular complexity index is 615. The number of aliphatic imine (C=N–C) groups is 1. The van der Waals surface area contributed by atoms with Crippen molar-refractivity contribution < 1.29 is 9.47 Å². The number of rotatable bonds is 5. The molecule has 2 fully saturated rings. The molecular weight excluding hydrogens is 441 g/mol. The molecule has 3 rings (SSSR count). The summed E-state index contributed by atoms with van der Waals surface area (Å²) >= 11 is 0. The first-order chi connectivity index (χ1) is 12.2. The predicted octanol–water partition coefficient (Wildman–Crippen LogP) is 4.05. The minimum absolute atomic E-state index is 0. The Hall–Kier alpha value is -1.18. The maximum atomic E-state index is 5.59. The van der Waals surface area contributed by atoms with Gasteiger partial charge in [0, 0.05) is 26.7 Å². The minimum atomic E-state index is 0. The van der Waals surface area contributed by atoms with Crippen LogP contribution in [0.5, 0.6) is 11.5 Å². The zero-order chi connectivity index (χ0) is 17.7. The van der Waals surface area contributed by atoms with Gasteiger partial charge in [-0.25, -0.2) is 0 Å². The Morgan fingerprint density at radius 2 is 2.00 bits per heavy atom. The summed E-state index contributed by atoms with van der Waals surface area (Å²) in [4.78, 5) is 6.93. The number of ether oxygens (including phenoxy) is 2. The SMILES string of the molecule is CCOc1ccc(CNC(=NC)N2CCC3(CCCC3)C2)cc1OC.I. The van der Waals surface area contributed by atoms with Crippen molar-refractivity contribution in [3.05, 3.63) is 23.8 Å². The molecule has 1 aromatic carbocycles. The van der Waals surface area contributed by atoms with Crippen LogP contribution in [0.1, 0.15) is 44.6 Å². The summed E-state index contributed by atoms with van der Waals surface area (Å²) in [5, 5.41) is 3.52. The number of methoxy groups -OCH3 is 1. The monoisotopic (exact) mass is 473 g/mol. The van der Waals surface area contributed by atoms with E-state index in [4.69, 9.17) is 9.47 Å². The van der Waals surface area contributed by atoms with Crippen molar-refractivity contribution in [3.63, 3.8) is 0 Å². The van der Waals surface area contributed by atoms with E-state index in [9.17, 15) is 0 Å². The first-order valence-corrected chi connectivity index (χ1v) is 9.45. The van der Waals surface area contributed by atoms with E-state index < -0.39 is 0 Å². The molecule has 5 nitrogen and oxygen atoms in total. The van der Waals surface area contributed by atoms with Crippen LogP contribution >= 0.6 is 24.0 Å². The Balaban J connectivity index is 0.00000243. The van der Waals surface area contributed by atoms with E-state index in [0.717, 1.165) is 42.7 Å². The molecule has 0 amide bonds. The van der Waals surface area contributed by atoms with Crippen LogP contribution in [-0.4, -0.2) is 44.7 Å². The zero-order valence-electron chi connectivity index (χ0n) is 16.2. The molecule has 26 heavy (non-hydrogen) atoms. The number of hydrogen-bond donors (Lipinski definition) is 1. The molecule has 6 heteroatoms. The van der Waals surface area contributed by atoms with Crippen molar-refractivity contribution >= 4 is 29.9 Å². The second-order valence-corrected chi connectivity index (χ2v) is 7.20. The average molecular weight is 473 g/mol. The average Bonchev–Trinajstić information content (AvgIpc) is 3.27. The summed E-state index contributed by atoms with van der Waals surface area (Å²) in [6.07, 6.45) is 6.87. The van der Waals surface area contributed by atoms with Gasteiger partial charge in [-0.3, -0.25) is 4.99 Å². The zero-order valence-corrected chi connectivity index (χ0v) is 18.5. The smallest absolute Gasteiger partial charge is 0.193 e. The van der Waals surface area contributed by atoms with Crippen LogP contribution < -0.4 is 14.8 Å². The highest BCUT2D eigenvalue weighted by molar-refractivity contribution is 14.0. The van der Waals surface area contributed by atoms with Crippen molar-refractivity contribution in [1.29, 1.82) is 0 Å². The van der Waals surface area contributed by atoms with Crippen molar-refractivity contribution in [2.75, 3.05) is 33.9 Å². The molecule has 1 aliphatic heterocycles. The highest BCUT2D eigenvalue weighted by Gasteiger charge is 2.41. The lowest BCUT2D eigenvalue weighted by molar-refractivity contribution is 0.309. The molecule has 0 unspecified atom stereocenters. The fourth-order valence-electron chi connectivity index (χ4n) is 4.26. The van der Waals surface area contributed by atoms with Gasteiger partial charge in [0.25, 0.3) is 0 Å². The normalized spacial score (nSPS) is 18.7. The van der Waals surface area contributed by atoms with Crippen molar-refractivity contribution in [3.8, 4) is 11.5 Å². The third kappa shape index (κ3) is 4.75. The summed E-state index contributed by atoms with van der Waals surface area (Å²) in [5.74, 6) is 2.58. The van der Waals surface area contributed by atoms with Gasteiger partial charge in [-0.05, 0) is 49.3 Å². The van der Waals surface area contributed by atoms with E-state index in [2.05, 4.69) is 21.3 Å². The van der Waals surface area contributed by atoms with Crippen LogP contribution in [0.3, 0.4) is 0 Å². The van der Waals surface area contributed by atoms with Gasteiger partial charge in [0.1, 0.15) is 0 Å². The number of guanidine groups is 1. The standard InChI is InChI=1S/C20H31N3O2.HI/c1-4-25-17-8-7-16(13-18(17)24-3)14-22-19(21-2)23-12-11-20(15-23)9-5-6-10-20;/h7-8,13H,4-6,9-12,14-15H2,1-3H3,(H,21,22);1H. The van der Waals surface area contributed by atoms with Gasteiger partial charge in [0.05, 0.1) is 13.7 Å². The van der Waals surface area contributed by atoms with Gasteiger partial charge in [0.15, 0.2) is 17.5 Å². The van der Waals surface area contributed by atoms with Crippen LogP contribution in [0, 0.1) is 5.41 Å². The Kier molecular flexibility index (Phi) is 7.85. The molecule has 1 spiro atoms. The molecule has 0 bridgehead atoms. The lowest BCUT2D eigenvalue weighted by Crippen LogP contribution is -2.40. The molecule has 0 aromatic heterocycles. The Morgan fingerprint density at radius 1 is 1.23 bits per heavy atom. The first kappa shape index (κ1) is 21.1. The van der Waals surface area contributed by atoms with Crippen molar-refractivity contribution in [2.45, 2.75) is 45.6 Å². The highest BCUT2D eigenvalue weighted by Crippen LogP contribution is 2.45. The number of hydrogen-bond acceptors (Lipinski definition) is 3. The first-order valence-electron chi connectivity index (χ1n) is 9.45. The van der Waals surface area contributed by atoms with Gasteiger partial charge in [-0.15, -0.1) is 24.0 Å². The maximum Gasteiger partial charge on any atom is 0.193 e. The Morgan fingerprint density at radius 3 is 2.65 bits per heavy atom. The second-order valence-electron chi connectivity index (χ2n) is 7.20. The van der Waals surface area contributed by atoms with Crippen LogP contribution in [0.15, 0.2) is 23.2 Å². The molecule has 1 aromatic rings. The van der Waals surface area contributed by atoms with E-state index in [0.29, 0.717) is 12.0 Å². The van der Waals surface area contributed by atoms with E-state index in [1.54, 1.807) is 7.11 Å². The van der Waals surface area contributed by atoms with Gasteiger partial charge >= 0.3 is 0 Å². The minimum Gasteiger partial charge on any atom is -0.493 e. The van der Waals surface area contributed by atoms with E-state index in [1.807, 2.05) is 26.1 Å². The van der Waals surface area contributed by atoms with E-state index >= 15 is 0 Å². The van der Waals surface area contributed by atoms with Crippen LogP contribution in [0.4, 0.5) is 0 Å². The van der Waals surface area contributed by atoms with Crippen LogP contribution in [0.2, 0.25) is 0 Å². The van der Waals surface area contributed by atoms with Crippen molar-refractivity contribution in [2.24, 2.45) is 10.4 Å². The molecule has 1 N–H and O–H groups in total. The van der Waals surface area contributed by atoms with Crippen LogP contribution in [0.25, 0.3) is 0 Å². The number of nitrogens with one attached hydrogen (secondary N) is 1. The molecular formula is C20H32IN3O2. The number of benzene rings is 1.